The zero-order valence-corrected chi connectivity index (χ0v) is 16.7. The number of benzene rings is 2. The first-order valence-corrected chi connectivity index (χ1v) is 9.79. The van der Waals surface area contributed by atoms with Crippen LogP contribution in [0.3, 0.4) is 0 Å². The summed E-state index contributed by atoms with van der Waals surface area (Å²) in [6, 6.07) is 10.0. The van der Waals surface area contributed by atoms with Crippen molar-refractivity contribution in [1.29, 1.82) is 0 Å². The van der Waals surface area contributed by atoms with Gasteiger partial charge in [-0.2, -0.15) is 0 Å². The Labute approximate surface area is 169 Å². The molecule has 1 saturated heterocycles. The Kier molecular flexibility index (Phi) is 7.04. The number of carbonyl (C=O) groups excluding carboxylic acids is 1. The lowest BCUT2D eigenvalue weighted by atomic mass is 10.1. The predicted octanol–water partition coefficient (Wildman–Crippen LogP) is 4.17. The summed E-state index contributed by atoms with van der Waals surface area (Å²) in [5, 5.41) is 3.21. The first-order chi connectivity index (χ1) is 14.0. The number of rotatable bonds is 6. The van der Waals surface area contributed by atoms with Crippen LogP contribution in [-0.4, -0.2) is 36.7 Å². The van der Waals surface area contributed by atoms with Crippen LogP contribution in [0.25, 0.3) is 0 Å². The van der Waals surface area contributed by atoms with Gasteiger partial charge in [-0.1, -0.05) is 36.8 Å². The fraction of sp³-hybridized carbons (Fsp3) is 0.409. The van der Waals surface area contributed by atoms with Gasteiger partial charge in [0.1, 0.15) is 19.0 Å². The average Bonchev–Trinajstić information content (AvgIpc) is 2.74. The van der Waals surface area contributed by atoms with Gasteiger partial charge in [0.05, 0.1) is 5.56 Å². The van der Waals surface area contributed by atoms with Crippen molar-refractivity contribution >= 4 is 6.09 Å². The van der Waals surface area contributed by atoms with E-state index in [2.05, 4.69) is 5.32 Å². The number of nitrogens with zero attached hydrogens (tertiary/aromatic N) is 1. The Morgan fingerprint density at radius 3 is 2.66 bits per heavy atom. The Balaban J connectivity index is 1.65. The first kappa shape index (κ1) is 21.0. The van der Waals surface area contributed by atoms with Crippen LogP contribution in [0.5, 0.6) is 5.75 Å². The van der Waals surface area contributed by atoms with E-state index < -0.39 is 24.3 Å². The summed E-state index contributed by atoms with van der Waals surface area (Å²) in [7, 11) is 0. The molecule has 0 radical (unpaired) electrons. The third kappa shape index (κ3) is 5.23. The number of amides is 1. The lowest BCUT2D eigenvalue weighted by Gasteiger charge is -2.34. The van der Waals surface area contributed by atoms with E-state index in [4.69, 9.17) is 9.47 Å². The minimum atomic E-state index is -0.850. The Hall–Kier alpha value is -2.67. The fourth-order valence-corrected chi connectivity index (χ4v) is 3.25. The summed E-state index contributed by atoms with van der Waals surface area (Å²) in [6.45, 7) is 5.46. The number of hydrogen-bond acceptors (Lipinski definition) is 4. The highest BCUT2D eigenvalue weighted by Gasteiger charge is 2.27. The van der Waals surface area contributed by atoms with Gasteiger partial charge in [-0.3, -0.25) is 0 Å². The van der Waals surface area contributed by atoms with Crippen LogP contribution in [0.1, 0.15) is 30.0 Å². The summed E-state index contributed by atoms with van der Waals surface area (Å²) in [4.78, 5) is 14.0. The smallest absolute Gasteiger partial charge is 0.410 e. The molecule has 5 nitrogen and oxygen atoms in total. The van der Waals surface area contributed by atoms with Gasteiger partial charge in [0.15, 0.2) is 11.6 Å². The van der Waals surface area contributed by atoms with Crippen LogP contribution < -0.4 is 10.1 Å². The molecule has 1 aliphatic rings. The van der Waals surface area contributed by atoms with Crippen molar-refractivity contribution < 1.29 is 23.0 Å². The zero-order chi connectivity index (χ0) is 20.8. The number of aryl methyl sites for hydroxylation is 1. The second-order valence-electron chi connectivity index (χ2n) is 7.13. The lowest BCUT2D eigenvalue weighted by Crippen LogP contribution is -2.53. The monoisotopic (exact) mass is 404 g/mol. The lowest BCUT2D eigenvalue weighted by molar-refractivity contribution is 0.0697. The number of hydrogen-bond donors (Lipinski definition) is 1. The second kappa shape index (κ2) is 9.69. The van der Waals surface area contributed by atoms with Crippen molar-refractivity contribution in [3.8, 4) is 5.75 Å². The fourth-order valence-electron chi connectivity index (χ4n) is 3.25. The third-order valence-corrected chi connectivity index (χ3v) is 5.06. The van der Waals surface area contributed by atoms with Crippen LogP contribution in [-0.2, 0) is 18.0 Å². The summed E-state index contributed by atoms with van der Waals surface area (Å²) < 4.78 is 39.7. The Morgan fingerprint density at radius 1 is 1.17 bits per heavy atom. The molecule has 1 fully saturated rings. The molecule has 7 heteroatoms. The van der Waals surface area contributed by atoms with E-state index in [1.807, 2.05) is 38.1 Å². The van der Waals surface area contributed by atoms with Crippen LogP contribution in [0.2, 0.25) is 0 Å². The number of piperazine rings is 1. The molecule has 1 aliphatic heterocycles. The van der Waals surface area contributed by atoms with E-state index in [0.717, 1.165) is 23.6 Å². The summed E-state index contributed by atoms with van der Waals surface area (Å²) in [5.41, 5.74) is 1.67. The van der Waals surface area contributed by atoms with Crippen molar-refractivity contribution in [1.82, 2.24) is 10.2 Å². The summed E-state index contributed by atoms with van der Waals surface area (Å²) in [6.07, 6.45) is 0.204. The molecule has 156 valence electrons. The molecule has 0 spiro atoms. The van der Waals surface area contributed by atoms with E-state index in [1.165, 1.54) is 6.07 Å². The van der Waals surface area contributed by atoms with Gasteiger partial charge < -0.3 is 19.7 Å². The van der Waals surface area contributed by atoms with Crippen LogP contribution >= 0.6 is 0 Å². The van der Waals surface area contributed by atoms with E-state index in [1.54, 1.807) is 4.90 Å². The van der Waals surface area contributed by atoms with E-state index in [9.17, 15) is 13.6 Å². The molecule has 0 bridgehead atoms. The standard InChI is InChI=1S/C22H26F2N2O3/c1-3-17-12-25-10-11-26(17)22(27)29-14-18-19(23)8-9-20(21(18)24)28-13-16-6-4-15(2)5-7-16/h4-9,17,25H,3,10-14H2,1-2H3. The molecule has 1 heterocycles. The maximum absolute atomic E-state index is 14.8. The molecule has 1 N–H and O–H groups in total. The highest BCUT2D eigenvalue weighted by Crippen LogP contribution is 2.25. The Morgan fingerprint density at radius 2 is 1.93 bits per heavy atom. The second-order valence-corrected chi connectivity index (χ2v) is 7.13. The molecular formula is C22H26F2N2O3. The van der Waals surface area contributed by atoms with Gasteiger partial charge in [0, 0.05) is 25.7 Å². The number of nitrogens with one attached hydrogen (secondary N) is 1. The molecule has 1 amide bonds. The predicted molar refractivity (Wildman–Crippen MR) is 106 cm³/mol. The van der Waals surface area contributed by atoms with Gasteiger partial charge in [-0.15, -0.1) is 0 Å². The molecule has 1 unspecified atom stereocenters. The molecule has 1 atom stereocenters. The summed E-state index contributed by atoms with van der Waals surface area (Å²) >= 11 is 0. The number of carbonyl (C=O) groups is 1. The highest BCUT2D eigenvalue weighted by molar-refractivity contribution is 5.68. The molecule has 29 heavy (non-hydrogen) atoms. The van der Waals surface area contributed by atoms with Crippen molar-refractivity contribution in [2.45, 2.75) is 39.5 Å². The highest BCUT2D eigenvalue weighted by atomic mass is 19.1. The van der Waals surface area contributed by atoms with E-state index >= 15 is 0 Å². The molecule has 0 saturated carbocycles. The first-order valence-electron chi connectivity index (χ1n) is 9.79. The summed E-state index contributed by atoms with van der Waals surface area (Å²) in [5.74, 6) is -1.70. The van der Waals surface area contributed by atoms with Crippen LogP contribution in [0.15, 0.2) is 36.4 Å². The van der Waals surface area contributed by atoms with Crippen LogP contribution in [0.4, 0.5) is 13.6 Å². The van der Waals surface area contributed by atoms with E-state index in [-0.39, 0.29) is 24.0 Å². The van der Waals surface area contributed by atoms with Crippen molar-refractivity contribution in [3.05, 3.63) is 64.7 Å². The van der Waals surface area contributed by atoms with Crippen molar-refractivity contribution in [2.75, 3.05) is 19.6 Å². The third-order valence-electron chi connectivity index (χ3n) is 5.06. The number of halogens is 2. The molecule has 2 aromatic carbocycles. The van der Waals surface area contributed by atoms with Gasteiger partial charge in [0.25, 0.3) is 0 Å². The largest absolute Gasteiger partial charge is 0.486 e. The molecule has 3 rings (SSSR count). The minimum Gasteiger partial charge on any atom is -0.486 e. The van der Waals surface area contributed by atoms with Gasteiger partial charge in [0.2, 0.25) is 0 Å². The van der Waals surface area contributed by atoms with E-state index in [0.29, 0.717) is 19.6 Å². The molecule has 0 aliphatic carbocycles. The van der Waals surface area contributed by atoms with Gasteiger partial charge in [-0.05, 0) is 31.0 Å². The topological polar surface area (TPSA) is 50.8 Å². The van der Waals surface area contributed by atoms with Gasteiger partial charge >= 0.3 is 6.09 Å². The number of ether oxygens (including phenoxy) is 2. The molecule has 2 aromatic rings. The normalized spacial score (nSPS) is 16.6. The van der Waals surface area contributed by atoms with Crippen LogP contribution in [0, 0.1) is 18.6 Å². The maximum atomic E-state index is 14.8. The Bertz CT molecular complexity index is 843. The van der Waals surface area contributed by atoms with Gasteiger partial charge in [-0.25, -0.2) is 13.6 Å². The SMILES string of the molecule is CCC1CNCCN1C(=O)OCc1c(F)ccc(OCc2ccc(C)cc2)c1F. The van der Waals surface area contributed by atoms with Crippen molar-refractivity contribution in [2.24, 2.45) is 0 Å². The quantitative estimate of drug-likeness (QED) is 0.785. The molecule has 0 aromatic heterocycles. The van der Waals surface area contributed by atoms with Crippen molar-refractivity contribution in [3.63, 3.8) is 0 Å². The zero-order valence-electron chi connectivity index (χ0n) is 16.7. The molecular weight excluding hydrogens is 378 g/mol. The maximum Gasteiger partial charge on any atom is 0.410 e. The minimum absolute atomic E-state index is 0.00937. The average molecular weight is 404 g/mol.